The van der Waals surface area contributed by atoms with E-state index in [0.29, 0.717) is 5.82 Å². The molecule has 0 N–H and O–H groups in total. The second-order valence-corrected chi connectivity index (χ2v) is 18.4. The van der Waals surface area contributed by atoms with E-state index in [4.69, 9.17) is 9.97 Å². The van der Waals surface area contributed by atoms with Crippen molar-refractivity contribution in [1.82, 2.24) is 9.97 Å². The number of fused-ring (bicyclic) bond motifs is 9. The molecular weight excluding hydrogens is 797 g/mol. The van der Waals surface area contributed by atoms with Gasteiger partial charge in [0.1, 0.15) is 0 Å². The molecule has 11 aromatic rings. The molecule has 0 saturated carbocycles. The summed E-state index contributed by atoms with van der Waals surface area (Å²) in [6.07, 6.45) is 0. The zero-order chi connectivity index (χ0) is 44.0. The van der Waals surface area contributed by atoms with Gasteiger partial charge in [-0.05, 0) is 100 Å². The molecule has 0 saturated heterocycles. The van der Waals surface area contributed by atoms with Crippen molar-refractivity contribution in [3.05, 3.63) is 264 Å². The Morgan fingerprint density at radius 2 is 0.894 bits per heavy atom. The first-order valence-corrected chi connectivity index (χ1v) is 23.0. The van der Waals surface area contributed by atoms with E-state index in [1.807, 2.05) is 6.07 Å². The molecule has 2 aliphatic carbocycles. The molecule has 310 valence electrons. The lowest BCUT2D eigenvalue weighted by Gasteiger charge is -2.34. The van der Waals surface area contributed by atoms with Gasteiger partial charge >= 0.3 is 0 Å². The maximum atomic E-state index is 5.41. The van der Waals surface area contributed by atoms with Crippen LogP contribution in [0, 0.1) is 0 Å². The van der Waals surface area contributed by atoms with Gasteiger partial charge in [0.15, 0.2) is 5.82 Å². The summed E-state index contributed by atoms with van der Waals surface area (Å²) in [5, 5.41) is 4.95. The molecule has 2 aliphatic rings. The van der Waals surface area contributed by atoms with Gasteiger partial charge in [0.2, 0.25) is 0 Å². The number of aromatic nitrogens is 2. The summed E-state index contributed by atoms with van der Waals surface area (Å²) in [5.74, 6) is 0.699. The minimum Gasteiger partial charge on any atom is -0.228 e. The fourth-order valence-electron chi connectivity index (χ4n) is 11.7. The van der Waals surface area contributed by atoms with Crippen LogP contribution in [0.15, 0.2) is 231 Å². The Morgan fingerprint density at radius 3 is 1.65 bits per heavy atom. The molecule has 0 atom stereocenters. The average Bonchev–Trinajstić information content (AvgIpc) is 3.82. The molecular formula is C64H44N2. The Labute approximate surface area is 385 Å². The molecule has 13 rings (SSSR count). The van der Waals surface area contributed by atoms with Gasteiger partial charge in [-0.2, -0.15) is 0 Å². The molecule has 0 spiro atoms. The predicted octanol–water partition coefficient (Wildman–Crippen LogP) is 16.1. The highest BCUT2D eigenvalue weighted by molar-refractivity contribution is 6.09. The van der Waals surface area contributed by atoms with E-state index in [0.717, 1.165) is 33.5 Å². The zero-order valence-corrected chi connectivity index (χ0v) is 36.8. The highest BCUT2D eigenvalue weighted by Crippen LogP contribution is 2.58. The Balaban J connectivity index is 1.01. The van der Waals surface area contributed by atoms with Crippen LogP contribution in [0.5, 0.6) is 0 Å². The van der Waals surface area contributed by atoms with Crippen LogP contribution in [0.1, 0.15) is 47.2 Å². The van der Waals surface area contributed by atoms with Crippen molar-refractivity contribution in [2.45, 2.75) is 24.7 Å². The standard InChI is InChI=1S/C64H44N2/c1-63(2)56-38-34-41-19-12-13-26-46(41)60(56)54-31-18-30-53(61(54)63)49-36-37-52(48-28-15-14-27-47(48)49)59-40-58(65-62(66-59)42-20-6-3-7-21-42)43-33-35-51-50-29-16-17-32-55(50)64(57(51)39-43,44-22-8-4-9-23-44)45-24-10-5-11-25-45/h3-40H,1-2H3. The monoisotopic (exact) mass is 840 g/mol. The second kappa shape index (κ2) is 14.7. The van der Waals surface area contributed by atoms with Crippen LogP contribution < -0.4 is 0 Å². The molecule has 0 fully saturated rings. The third-order valence-corrected chi connectivity index (χ3v) is 14.6. The van der Waals surface area contributed by atoms with Crippen LogP contribution in [0.2, 0.25) is 0 Å². The van der Waals surface area contributed by atoms with E-state index in [1.165, 1.54) is 82.9 Å². The lowest BCUT2D eigenvalue weighted by atomic mass is 9.67. The summed E-state index contributed by atoms with van der Waals surface area (Å²) in [5.41, 5.74) is 19.6. The Bertz CT molecular complexity index is 3680. The van der Waals surface area contributed by atoms with E-state index >= 15 is 0 Å². The van der Waals surface area contributed by atoms with Gasteiger partial charge in [-0.25, -0.2) is 9.97 Å². The van der Waals surface area contributed by atoms with Crippen molar-refractivity contribution in [1.29, 1.82) is 0 Å². The summed E-state index contributed by atoms with van der Waals surface area (Å²) in [4.78, 5) is 10.8. The van der Waals surface area contributed by atoms with Crippen molar-refractivity contribution >= 4 is 21.5 Å². The van der Waals surface area contributed by atoms with Crippen molar-refractivity contribution in [3.63, 3.8) is 0 Å². The summed E-state index contributed by atoms with van der Waals surface area (Å²) in [7, 11) is 0. The third kappa shape index (κ3) is 5.55. The highest BCUT2D eigenvalue weighted by atomic mass is 14.9. The summed E-state index contributed by atoms with van der Waals surface area (Å²) < 4.78 is 0. The fourth-order valence-corrected chi connectivity index (χ4v) is 11.7. The Kier molecular flexibility index (Phi) is 8.51. The third-order valence-electron chi connectivity index (χ3n) is 14.6. The van der Waals surface area contributed by atoms with E-state index in [2.05, 4.69) is 238 Å². The largest absolute Gasteiger partial charge is 0.228 e. The van der Waals surface area contributed by atoms with E-state index in [9.17, 15) is 0 Å². The highest BCUT2D eigenvalue weighted by Gasteiger charge is 2.46. The van der Waals surface area contributed by atoms with Gasteiger partial charge in [-0.3, -0.25) is 0 Å². The van der Waals surface area contributed by atoms with Crippen LogP contribution in [-0.2, 0) is 10.8 Å². The van der Waals surface area contributed by atoms with Crippen LogP contribution in [-0.4, -0.2) is 9.97 Å². The maximum absolute atomic E-state index is 5.41. The van der Waals surface area contributed by atoms with Crippen molar-refractivity contribution in [2.75, 3.05) is 0 Å². The Hall–Kier alpha value is -8.20. The van der Waals surface area contributed by atoms with Gasteiger partial charge < -0.3 is 0 Å². The average molecular weight is 841 g/mol. The first kappa shape index (κ1) is 38.3. The Morgan fingerprint density at radius 1 is 0.333 bits per heavy atom. The predicted molar refractivity (Wildman–Crippen MR) is 274 cm³/mol. The minimum absolute atomic E-state index is 0.187. The number of hydrogen-bond acceptors (Lipinski definition) is 2. The molecule has 0 radical (unpaired) electrons. The van der Waals surface area contributed by atoms with Gasteiger partial charge in [-0.1, -0.05) is 232 Å². The maximum Gasteiger partial charge on any atom is 0.160 e. The van der Waals surface area contributed by atoms with Gasteiger partial charge in [0.25, 0.3) is 0 Å². The number of rotatable bonds is 6. The number of hydrogen-bond donors (Lipinski definition) is 0. The molecule has 0 bridgehead atoms. The van der Waals surface area contributed by atoms with Crippen molar-refractivity contribution in [2.24, 2.45) is 0 Å². The lowest BCUT2D eigenvalue weighted by molar-refractivity contribution is 0.662. The van der Waals surface area contributed by atoms with E-state index < -0.39 is 5.41 Å². The normalized spacial score (nSPS) is 13.8. The number of benzene rings is 10. The van der Waals surface area contributed by atoms with E-state index in [1.54, 1.807) is 0 Å². The molecule has 0 amide bonds. The molecule has 10 aromatic carbocycles. The fraction of sp³-hybridized carbons (Fsp3) is 0.0625. The second-order valence-electron chi connectivity index (χ2n) is 18.4. The van der Waals surface area contributed by atoms with Crippen molar-refractivity contribution in [3.8, 4) is 67.3 Å². The molecule has 1 heterocycles. The SMILES string of the molecule is CC1(C)c2ccc3ccccc3c2-c2cccc(-c3ccc(-c4cc(-c5ccc6c(c5)C(c5ccccc5)(c5ccccc5)c5ccccc5-6)nc(-c5ccccc5)n4)c4ccccc34)c21. The van der Waals surface area contributed by atoms with Crippen LogP contribution in [0.25, 0.3) is 88.8 Å². The summed E-state index contributed by atoms with van der Waals surface area (Å²) in [6.45, 7) is 4.78. The minimum atomic E-state index is -0.519. The van der Waals surface area contributed by atoms with Crippen molar-refractivity contribution < 1.29 is 0 Å². The topological polar surface area (TPSA) is 25.8 Å². The quantitative estimate of drug-likeness (QED) is 0.167. The molecule has 2 heteroatoms. The lowest BCUT2D eigenvalue weighted by Crippen LogP contribution is -2.28. The molecule has 2 nitrogen and oxygen atoms in total. The summed E-state index contributed by atoms with van der Waals surface area (Å²) >= 11 is 0. The smallest absolute Gasteiger partial charge is 0.160 e. The van der Waals surface area contributed by atoms with Crippen LogP contribution >= 0.6 is 0 Å². The summed E-state index contributed by atoms with van der Waals surface area (Å²) in [6, 6.07) is 84.3. The van der Waals surface area contributed by atoms with E-state index in [-0.39, 0.29) is 5.41 Å². The van der Waals surface area contributed by atoms with Gasteiger partial charge in [-0.15, -0.1) is 0 Å². The molecule has 1 aromatic heterocycles. The van der Waals surface area contributed by atoms with Crippen LogP contribution in [0.4, 0.5) is 0 Å². The molecule has 66 heavy (non-hydrogen) atoms. The number of nitrogens with zero attached hydrogens (tertiary/aromatic N) is 2. The first-order chi connectivity index (χ1) is 32.5. The first-order valence-electron chi connectivity index (χ1n) is 23.0. The molecule has 0 unspecified atom stereocenters. The van der Waals surface area contributed by atoms with Gasteiger partial charge in [0, 0.05) is 22.1 Å². The zero-order valence-electron chi connectivity index (χ0n) is 36.8. The van der Waals surface area contributed by atoms with Gasteiger partial charge in [0.05, 0.1) is 16.8 Å². The molecule has 0 aliphatic heterocycles. The van der Waals surface area contributed by atoms with Crippen LogP contribution in [0.3, 0.4) is 0 Å².